The van der Waals surface area contributed by atoms with E-state index in [4.69, 9.17) is 4.42 Å². The topological polar surface area (TPSA) is 105 Å². The summed E-state index contributed by atoms with van der Waals surface area (Å²) in [5.41, 5.74) is 2.04. The average molecular weight is 572 g/mol. The minimum atomic E-state index is -4.65. The second-order valence-corrected chi connectivity index (χ2v) is 9.88. The number of aromatic nitrogens is 1. The van der Waals surface area contributed by atoms with Gasteiger partial charge >= 0.3 is 17.9 Å². The van der Waals surface area contributed by atoms with Crippen molar-refractivity contribution in [2.75, 3.05) is 4.90 Å². The Morgan fingerprint density at radius 1 is 0.881 bits per heavy atom. The van der Waals surface area contributed by atoms with E-state index in [0.29, 0.717) is 16.8 Å². The minimum Gasteiger partial charge on any atom is -0.478 e. The van der Waals surface area contributed by atoms with E-state index in [2.05, 4.69) is 5.10 Å². The zero-order valence-corrected chi connectivity index (χ0v) is 22.1. The van der Waals surface area contributed by atoms with E-state index < -0.39 is 29.4 Å². The van der Waals surface area contributed by atoms with Crippen LogP contribution in [0.15, 0.2) is 93.2 Å². The van der Waals surface area contributed by atoms with Gasteiger partial charge in [0.25, 0.3) is 5.91 Å². The third kappa shape index (κ3) is 4.44. The predicted molar refractivity (Wildman–Crippen MR) is 149 cm³/mol. The van der Waals surface area contributed by atoms with Gasteiger partial charge in [-0.3, -0.25) is 9.69 Å². The molecule has 42 heavy (non-hydrogen) atoms. The van der Waals surface area contributed by atoms with Gasteiger partial charge in [-0.15, -0.1) is 0 Å². The van der Waals surface area contributed by atoms with Gasteiger partial charge in [0.1, 0.15) is 5.52 Å². The van der Waals surface area contributed by atoms with E-state index in [0.717, 1.165) is 38.9 Å². The number of alkyl halides is 3. The van der Waals surface area contributed by atoms with E-state index in [1.54, 1.807) is 50.2 Å². The quantitative estimate of drug-likeness (QED) is 0.264. The van der Waals surface area contributed by atoms with Crippen molar-refractivity contribution in [1.82, 2.24) is 4.68 Å². The molecule has 0 radical (unpaired) electrons. The molecule has 2 heterocycles. The number of aryl methyl sites for hydroxylation is 2. The maximum Gasteiger partial charge on any atom is 0.440 e. The van der Waals surface area contributed by atoms with Crippen molar-refractivity contribution in [2.24, 2.45) is 5.10 Å². The summed E-state index contributed by atoms with van der Waals surface area (Å²) in [4.78, 5) is 39.5. The molecule has 0 atom stereocenters. The first-order chi connectivity index (χ1) is 19.9. The zero-order chi connectivity index (χ0) is 29.9. The molecule has 8 nitrogen and oxygen atoms in total. The molecule has 1 N–H and O–H groups in total. The molecule has 0 saturated heterocycles. The van der Waals surface area contributed by atoms with Gasteiger partial charge in [0.2, 0.25) is 0 Å². The van der Waals surface area contributed by atoms with Gasteiger partial charge in [-0.1, -0.05) is 30.3 Å². The van der Waals surface area contributed by atoms with Crippen LogP contribution in [0.3, 0.4) is 0 Å². The Morgan fingerprint density at radius 2 is 1.60 bits per heavy atom. The number of carbonyl (C=O) groups is 2. The number of fused-ring (bicyclic) bond motifs is 2. The number of oxazole rings is 1. The minimum absolute atomic E-state index is 0.0226. The first-order valence-electron chi connectivity index (χ1n) is 12.6. The summed E-state index contributed by atoms with van der Waals surface area (Å²) in [6.07, 6.45) is -4.65. The summed E-state index contributed by atoms with van der Waals surface area (Å²) < 4.78 is 47.4. The molecule has 1 aliphatic rings. The van der Waals surface area contributed by atoms with E-state index in [1.807, 2.05) is 6.07 Å². The van der Waals surface area contributed by atoms with Crippen LogP contribution in [0.25, 0.3) is 22.2 Å². The van der Waals surface area contributed by atoms with Gasteiger partial charge in [-0.2, -0.15) is 22.9 Å². The van der Waals surface area contributed by atoms with Crippen molar-refractivity contribution in [3.8, 4) is 11.1 Å². The van der Waals surface area contributed by atoms with Crippen LogP contribution >= 0.6 is 0 Å². The van der Waals surface area contributed by atoms with Crippen molar-refractivity contribution >= 4 is 40.1 Å². The van der Waals surface area contributed by atoms with Crippen LogP contribution in [0.4, 0.5) is 24.5 Å². The van der Waals surface area contributed by atoms with Crippen LogP contribution in [-0.2, 0) is 11.0 Å². The number of carboxylic acid groups (broad SMARTS) is 1. The van der Waals surface area contributed by atoms with E-state index in [9.17, 15) is 32.7 Å². The van der Waals surface area contributed by atoms with E-state index >= 15 is 0 Å². The molecule has 0 spiro atoms. The molecule has 1 aliphatic heterocycles. The van der Waals surface area contributed by atoms with Crippen LogP contribution in [0.5, 0.6) is 0 Å². The molecule has 0 bridgehead atoms. The lowest BCUT2D eigenvalue weighted by molar-refractivity contribution is -0.137. The number of carboxylic acids is 1. The number of benzene rings is 4. The van der Waals surface area contributed by atoms with Gasteiger partial charge in [-0.25, -0.2) is 9.59 Å². The summed E-state index contributed by atoms with van der Waals surface area (Å²) in [7, 11) is 0. The Hall–Kier alpha value is -5.45. The molecular formula is C31H20F3N3O5. The van der Waals surface area contributed by atoms with Crippen molar-refractivity contribution in [1.29, 1.82) is 0 Å². The number of amides is 1. The van der Waals surface area contributed by atoms with Crippen LogP contribution < -0.4 is 10.7 Å². The molecule has 0 fully saturated rings. The summed E-state index contributed by atoms with van der Waals surface area (Å²) in [6, 6.07) is 19.0. The lowest BCUT2D eigenvalue weighted by atomic mass is 10.0. The highest BCUT2D eigenvalue weighted by molar-refractivity contribution is 6.55. The number of rotatable bonds is 4. The van der Waals surface area contributed by atoms with E-state index in [-0.39, 0.29) is 33.6 Å². The fourth-order valence-electron chi connectivity index (χ4n) is 5.13. The normalized spacial score (nSPS) is 14.2. The van der Waals surface area contributed by atoms with Crippen LogP contribution in [0.1, 0.15) is 32.6 Å². The molecule has 210 valence electrons. The lowest BCUT2D eigenvalue weighted by Gasteiger charge is -2.19. The molecule has 6 rings (SSSR count). The number of halogens is 3. The second-order valence-electron chi connectivity index (χ2n) is 9.88. The Kier molecular flexibility index (Phi) is 6.10. The SMILES string of the molecule is Cc1cc(C)cc(N2C(=O)C(=Nn3c(=O)oc4c(-c5cccc(C(=O)O)c5)cccc43)c3ccc(C(F)(F)F)cc32)c1. The summed E-state index contributed by atoms with van der Waals surface area (Å²) in [6.45, 7) is 3.61. The van der Waals surface area contributed by atoms with Crippen LogP contribution in [-0.4, -0.2) is 27.4 Å². The van der Waals surface area contributed by atoms with Crippen molar-refractivity contribution < 1.29 is 32.3 Å². The van der Waals surface area contributed by atoms with Crippen LogP contribution in [0, 0.1) is 13.8 Å². The van der Waals surface area contributed by atoms with Crippen molar-refractivity contribution in [2.45, 2.75) is 20.0 Å². The van der Waals surface area contributed by atoms with Crippen molar-refractivity contribution in [3.05, 3.63) is 117 Å². The maximum absolute atomic E-state index is 13.8. The lowest BCUT2D eigenvalue weighted by Crippen LogP contribution is -2.27. The van der Waals surface area contributed by atoms with E-state index in [1.165, 1.54) is 18.2 Å². The smallest absolute Gasteiger partial charge is 0.440 e. The molecule has 0 unspecified atom stereocenters. The molecule has 1 amide bonds. The number of nitrogens with zero attached hydrogens (tertiary/aromatic N) is 3. The fourth-order valence-corrected chi connectivity index (χ4v) is 5.13. The highest BCUT2D eigenvalue weighted by Crippen LogP contribution is 2.41. The summed E-state index contributed by atoms with van der Waals surface area (Å²) >= 11 is 0. The Morgan fingerprint density at radius 3 is 2.29 bits per heavy atom. The van der Waals surface area contributed by atoms with Crippen LogP contribution in [0.2, 0.25) is 0 Å². The van der Waals surface area contributed by atoms with Gasteiger partial charge in [0.05, 0.1) is 16.8 Å². The first-order valence-corrected chi connectivity index (χ1v) is 12.6. The Labute approximate surface area is 235 Å². The number of hydrogen-bond acceptors (Lipinski definition) is 5. The fraction of sp³-hybridized carbons (Fsp3) is 0.0968. The zero-order valence-electron chi connectivity index (χ0n) is 22.1. The Balaban J connectivity index is 1.55. The highest BCUT2D eigenvalue weighted by Gasteiger charge is 2.39. The second kappa shape index (κ2) is 9.58. The number of para-hydroxylation sites is 1. The number of carbonyl (C=O) groups excluding carboxylic acids is 1. The van der Waals surface area contributed by atoms with Gasteiger partial charge < -0.3 is 9.52 Å². The summed E-state index contributed by atoms with van der Waals surface area (Å²) in [5.74, 6) is -2.79. The number of hydrogen-bond donors (Lipinski definition) is 1. The largest absolute Gasteiger partial charge is 0.478 e. The molecule has 4 aromatic carbocycles. The average Bonchev–Trinajstić information content (AvgIpc) is 3.40. The molecule has 11 heteroatoms. The monoisotopic (exact) mass is 571 g/mol. The maximum atomic E-state index is 13.8. The van der Waals surface area contributed by atoms with Gasteiger partial charge in [0, 0.05) is 16.8 Å². The Bertz CT molecular complexity index is 2020. The third-order valence-corrected chi connectivity index (χ3v) is 6.90. The summed E-state index contributed by atoms with van der Waals surface area (Å²) in [5, 5.41) is 13.7. The highest BCUT2D eigenvalue weighted by atomic mass is 19.4. The first kappa shape index (κ1) is 26.8. The molecule has 1 aromatic heterocycles. The molecule has 0 aliphatic carbocycles. The number of aromatic carboxylic acids is 1. The standard InChI is InChI=1S/C31H20F3N3O5/c1-16-11-17(2)13-21(12-16)36-25-15-20(31(32,33)34)9-10-23(25)26(28(36)38)35-37-24-8-4-7-22(27(24)42-30(37)41)18-5-3-6-19(14-18)29(39)40/h3-15H,1-2H3,(H,39,40). The predicted octanol–water partition coefficient (Wildman–Crippen LogP) is 6.53. The molecule has 5 aromatic rings. The number of anilines is 2. The van der Waals surface area contributed by atoms with Gasteiger partial charge in [-0.05, 0) is 79.1 Å². The molecular weight excluding hydrogens is 551 g/mol. The van der Waals surface area contributed by atoms with Gasteiger partial charge in [0.15, 0.2) is 11.3 Å². The van der Waals surface area contributed by atoms with Crippen molar-refractivity contribution in [3.63, 3.8) is 0 Å². The third-order valence-electron chi connectivity index (χ3n) is 6.90. The molecule has 0 saturated carbocycles.